The standard InChI is InChI=1S/C13H14BrFN2O3S/c14-10-4-3-8(6-11(10)15)21(19,20)17-5-1-2-9-12(17)7-16-13(9)18/h3-4,6,9,12H,1-2,5,7H2,(H,16,18). The van der Waals surface area contributed by atoms with E-state index < -0.39 is 15.8 Å². The van der Waals surface area contributed by atoms with Crippen molar-refractivity contribution in [3.05, 3.63) is 28.5 Å². The summed E-state index contributed by atoms with van der Waals surface area (Å²) in [5, 5.41) is 2.71. The zero-order chi connectivity index (χ0) is 15.2. The summed E-state index contributed by atoms with van der Waals surface area (Å²) in [6.07, 6.45) is 1.32. The van der Waals surface area contributed by atoms with Gasteiger partial charge in [0.05, 0.1) is 21.3 Å². The van der Waals surface area contributed by atoms with Crippen LogP contribution in [0.2, 0.25) is 0 Å². The molecule has 2 atom stereocenters. The van der Waals surface area contributed by atoms with Gasteiger partial charge in [-0.15, -0.1) is 0 Å². The first-order valence-corrected chi connectivity index (χ1v) is 8.89. The molecular formula is C13H14BrFN2O3S. The van der Waals surface area contributed by atoms with Crippen molar-refractivity contribution >= 4 is 31.9 Å². The summed E-state index contributed by atoms with van der Waals surface area (Å²) in [5.74, 6) is -1.01. The molecule has 21 heavy (non-hydrogen) atoms. The molecule has 0 bridgehead atoms. The van der Waals surface area contributed by atoms with Crippen molar-refractivity contribution in [3.63, 3.8) is 0 Å². The van der Waals surface area contributed by atoms with Gasteiger partial charge in [-0.1, -0.05) is 0 Å². The Hall–Kier alpha value is -0.990. The van der Waals surface area contributed by atoms with Crippen molar-refractivity contribution in [2.24, 2.45) is 5.92 Å². The van der Waals surface area contributed by atoms with E-state index in [1.165, 1.54) is 16.4 Å². The van der Waals surface area contributed by atoms with Gasteiger partial charge in [-0.05, 0) is 47.0 Å². The van der Waals surface area contributed by atoms with Crippen LogP contribution in [0.3, 0.4) is 0 Å². The van der Waals surface area contributed by atoms with E-state index in [9.17, 15) is 17.6 Å². The second-order valence-corrected chi connectivity index (χ2v) is 8.00. The number of carbonyl (C=O) groups excluding carboxylic acids is 1. The first kappa shape index (κ1) is 14.9. The molecule has 0 aliphatic carbocycles. The van der Waals surface area contributed by atoms with Crippen LogP contribution in [-0.2, 0) is 14.8 Å². The zero-order valence-corrected chi connectivity index (χ0v) is 13.5. The van der Waals surface area contributed by atoms with Crippen LogP contribution in [0.5, 0.6) is 0 Å². The molecule has 2 aliphatic heterocycles. The maximum absolute atomic E-state index is 13.6. The van der Waals surface area contributed by atoms with Crippen LogP contribution < -0.4 is 5.32 Å². The molecule has 2 fully saturated rings. The minimum absolute atomic E-state index is 0.0804. The predicted octanol–water partition coefficient (Wildman–Crippen LogP) is 1.49. The third kappa shape index (κ3) is 2.49. The topological polar surface area (TPSA) is 66.5 Å². The minimum atomic E-state index is -3.80. The summed E-state index contributed by atoms with van der Waals surface area (Å²) >= 11 is 3.01. The van der Waals surface area contributed by atoms with Gasteiger partial charge in [0.15, 0.2) is 0 Å². The van der Waals surface area contributed by atoms with Crippen LogP contribution in [-0.4, -0.2) is 37.8 Å². The monoisotopic (exact) mass is 376 g/mol. The molecule has 1 N–H and O–H groups in total. The maximum atomic E-state index is 13.6. The number of hydrogen-bond donors (Lipinski definition) is 1. The lowest BCUT2D eigenvalue weighted by Gasteiger charge is -2.34. The van der Waals surface area contributed by atoms with Gasteiger partial charge in [-0.25, -0.2) is 12.8 Å². The molecule has 8 heteroatoms. The number of piperidine rings is 1. The Labute approximate surface area is 130 Å². The molecule has 2 saturated heterocycles. The Balaban J connectivity index is 1.97. The van der Waals surface area contributed by atoms with E-state index in [-0.39, 0.29) is 27.2 Å². The molecule has 1 aromatic rings. The SMILES string of the molecule is O=C1NCC2C1CCCN2S(=O)(=O)c1ccc(Br)c(F)c1. The third-order valence-corrected chi connectivity index (χ3v) is 6.61. The Kier molecular flexibility index (Phi) is 3.79. The third-order valence-electron chi connectivity index (χ3n) is 4.05. The van der Waals surface area contributed by atoms with Gasteiger partial charge in [-0.3, -0.25) is 4.79 Å². The number of amides is 1. The summed E-state index contributed by atoms with van der Waals surface area (Å²) in [6.45, 7) is 0.678. The highest BCUT2D eigenvalue weighted by atomic mass is 79.9. The average Bonchev–Trinajstić information content (AvgIpc) is 2.83. The van der Waals surface area contributed by atoms with E-state index in [1.54, 1.807) is 0 Å². The van der Waals surface area contributed by atoms with Crippen LogP contribution >= 0.6 is 15.9 Å². The summed E-state index contributed by atoms with van der Waals surface area (Å²) < 4.78 is 40.6. The molecule has 0 radical (unpaired) electrons. The average molecular weight is 377 g/mol. The van der Waals surface area contributed by atoms with Gasteiger partial charge in [0, 0.05) is 13.1 Å². The maximum Gasteiger partial charge on any atom is 0.243 e. The fourth-order valence-electron chi connectivity index (χ4n) is 2.98. The first-order valence-electron chi connectivity index (χ1n) is 6.66. The summed E-state index contributed by atoms with van der Waals surface area (Å²) in [7, 11) is -3.80. The normalized spacial score (nSPS) is 26.5. The lowest BCUT2D eigenvalue weighted by Crippen LogP contribution is -2.48. The summed E-state index contributed by atoms with van der Waals surface area (Å²) in [5.41, 5.74) is 0. The molecule has 2 aliphatic rings. The van der Waals surface area contributed by atoms with Crippen LogP contribution in [0.15, 0.2) is 27.6 Å². The highest BCUT2D eigenvalue weighted by Gasteiger charge is 2.45. The van der Waals surface area contributed by atoms with Gasteiger partial charge in [-0.2, -0.15) is 4.31 Å². The lowest BCUT2D eigenvalue weighted by atomic mass is 9.93. The second kappa shape index (κ2) is 5.33. The lowest BCUT2D eigenvalue weighted by molar-refractivity contribution is -0.123. The van der Waals surface area contributed by atoms with Crippen molar-refractivity contribution in [1.29, 1.82) is 0 Å². The Morgan fingerprint density at radius 3 is 2.86 bits per heavy atom. The summed E-state index contributed by atoms with van der Waals surface area (Å²) in [4.78, 5) is 11.6. The highest BCUT2D eigenvalue weighted by Crippen LogP contribution is 2.32. The summed E-state index contributed by atoms with van der Waals surface area (Å²) in [6, 6.07) is 3.38. The Bertz CT molecular complexity index is 695. The molecule has 2 heterocycles. The number of nitrogens with zero attached hydrogens (tertiary/aromatic N) is 1. The van der Waals surface area contributed by atoms with Gasteiger partial charge in [0.1, 0.15) is 5.82 Å². The largest absolute Gasteiger partial charge is 0.354 e. The molecule has 0 saturated carbocycles. The smallest absolute Gasteiger partial charge is 0.243 e. The molecule has 0 aromatic heterocycles. The Morgan fingerprint density at radius 2 is 2.14 bits per heavy atom. The van der Waals surface area contributed by atoms with E-state index in [0.29, 0.717) is 25.9 Å². The number of fused-ring (bicyclic) bond motifs is 1. The quantitative estimate of drug-likeness (QED) is 0.849. The molecule has 1 aromatic carbocycles. The molecule has 0 spiro atoms. The molecule has 2 unspecified atom stereocenters. The van der Waals surface area contributed by atoms with E-state index in [2.05, 4.69) is 21.2 Å². The van der Waals surface area contributed by atoms with Crippen LogP contribution in [0, 0.1) is 11.7 Å². The van der Waals surface area contributed by atoms with Crippen LogP contribution in [0.1, 0.15) is 12.8 Å². The van der Waals surface area contributed by atoms with Gasteiger partial charge < -0.3 is 5.32 Å². The van der Waals surface area contributed by atoms with E-state index in [0.717, 1.165) is 6.07 Å². The van der Waals surface area contributed by atoms with Crippen LogP contribution in [0.25, 0.3) is 0 Å². The molecule has 114 valence electrons. The number of nitrogens with one attached hydrogen (secondary N) is 1. The van der Waals surface area contributed by atoms with Crippen molar-refractivity contribution in [2.45, 2.75) is 23.8 Å². The molecular weight excluding hydrogens is 363 g/mol. The van der Waals surface area contributed by atoms with E-state index in [4.69, 9.17) is 0 Å². The zero-order valence-electron chi connectivity index (χ0n) is 11.1. The Morgan fingerprint density at radius 1 is 1.38 bits per heavy atom. The number of sulfonamides is 1. The highest BCUT2D eigenvalue weighted by molar-refractivity contribution is 9.10. The van der Waals surface area contributed by atoms with Gasteiger partial charge >= 0.3 is 0 Å². The van der Waals surface area contributed by atoms with E-state index >= 15 is 0 Å². The van der Waals surface area contributed by atoms with E-state index in [1.807, 2.05) is 0 Å². The first-order chi connectivity index (χ1) is 9.91. The number of benzene rings is 1. The number of rotatable bonds is 2. The number of halogens is 2. The number of hydrogen-bond acceptors (Lipinski definition) is 3. The van der Waals surface area contributed by atoms with Crippen molar-refractivity contribution in [2.75, 3.05) is 13.1 Å². The molecule has 1 amide bonds. The molecule has 3 rings (SSSR count). The van der Waals surface area contributed by atoms with Gasteiger partial charge in [0.2, 0.25) is 15.9 Å². The van der Waals surface area contributed by atoms with Gasteiger partial charge in [0.25, 0.3) is 0 Å². The van der Waals surface area contributed by atoms with Crippen LogP contribution in [0.4, 0.5) is 4.39 Å². The minimum Gasteiger partial charge on any atom is -0.354 e. The molecule has 5 nitrogen and oxygen atoms in total. The fraction of sp³-hybridized carbons (Fsp3) is 0.462. The van der Waals surface area contributed by atoms with Crippen molar-refractivity contribution in [1.82, 2.24) is 9.62 Å². The van der Waals surface area contributed by atoms with Crippen molar-refractivity contribution < 1.29 is 17.6 Å². The fourth-order valence-corrected chi connectivity index (χ4v) is 4.94. The second-order valence-electron chi connectivity index (χ2n) is 5.25. The predicted molar refractivity (Wildman–Crippen MR) is 77.5 cm³/mol. The van der Waals surface area contributed by atoms with Crippen molar-refractivity contribution in [3.8, 4) is 0 Å². The number of carbonyl (C=O) groups is 1.